The Hall–Kier alpha value is -1.12. The summed E-state index contributed by atoms with van der Waals surface area (Å²) >= 11 is 3.56. The number of aliphatic hydroxyl groups excluding tert-OH is 1. The van der Waals surface area contributed by atoms with E-state index in [1.807, 2.05) is 12.1 Å². The average molecular weight is 317 g/mol. The Morgan fingerprint density at radius 2 is 1.89 bits per heavy atom. The van der Waals surface area contributed by atoms with E-state index in [1.165, 1.54) is 11.1 Å². The van der Waals surface area contributed by atoms with Gasteiger partial charge in [0.15, 0.2) is 0 Å². The van der Waals surface area contributed by atoms with E-state index in [0.29, 0.717) is 11.8 Å². The van der Waals surface area contributed by atoms with E-state index in [-0.39, 0.29) is 6.10 Å². The average Bonchev–Trinajstić information content (AvgIpc) is 3.19. The van der Waals surface area contributed by atoms with Crippen molar-refractivity contribution >= 4 is 15.9 Å². The fraction of sp³-hybridized carbons (Fsp3) is 0.294. The summed E-state index contributed by atoms with van der Waals surface area (Å²) in [5.41, 5.74) is 3.56. The quantitative estimate of drug-likeness (QED) is 0.877. The Labute approximate surface area is 122 Å². The SMILES string of the molecule is Cc1ccc(C(O)C2CC2c2ccccc2)c(Br)c1. The van der Waals surface area contributed by atoms with Crippen LogP contribution in [0.5, 0.6) is 0 Å². The molecule has 2 heteroatoms. The highest BCUT2D eigenvalue weighted by Crippen LogP contribution is 2.54. The van der Waals surface area contributed by atoms with Crippen LogP contribution in [0.3, 0.4) is 0 Å². The van der Waals surface area contributed by atoms with Gasteiger partial charge in [0.2, 0.25) is 0 Å². The minimum Gasteiger partial charge on any atom is -0.388 e. The van der Waals surface area contributed by atoms with Gasteiger partial charge in [0.05, 0.1) is 6.10 Å². The molecule has 0 aromatic heterocycles. The molecule has 1 nitrogen and oxygen atoms in total. The molecule has 0 aliphatic heterocycles. The first kappa shape index (κ1) is 12.9. The predicted octanol–water partition coefficient (Wildman–Crippen LogP) is 4.59. The minimum absolute atomic E-state index is 0.349. The van der Waals surface area contributed by atoms with Gasteiger partial charge in [-0.05, 0) is 47.9 Å². The van der Waals surface area contributed by atoms with Crippen LogP contribution in [-0.4, -0.2) is 5.11 Å². The van der Waals surface area contributed by atoms with Crippen molar-refractivity contribution < 1.29 is 5.11 Å². The summed E-state index contributed by atoms with van der Waals surface area (Å²) in [6, 6.07) is 16.6. The topological polar surface area (TPSA) is 20.2 Å². The van der Waals surface area contributed by atoms with Crippen LogP contribution in [0.25, 0.3) is 0 Å². The second-order valence-electron chi connectivity index (χ2n) is 5.39. The summed E-state index contributed by atoms with van der Waals surface area (Å²) in [6.45, 7) is 2.06. The molecule has 1 aliphatic rings. The third-order valence-electron chi connectivity index (χ3n) is 3.95. The maximum absolute atomic E-state index is 10.5. The van der Waals surface area contributed by atoms with Gasteiger partial charge in [-0.1, -0.05) is 58.4 Å². The van der Waals surface area contributed by atoms with Crippen molar-refractivity contribution in [2.45, 2.75) is 25.4 Å². The lowest BCUT2D eigenvalue weighted by Gasteiger charge is -2.13. The maximum atomic E-state index is 10.5. The maximum Gasteiger partial charge on any atom is 0.0835 e. The molecular weight excluding hydrogens is 300 g/mol. The number of rotatable bonds is 3. The van der Waals surface area contributed by atoms with Gasteiger partial charge >= 0.3 is 0 Å². The normalized spacial score (nSPS) is 23.1. The van der Waals surface area contributed by atoms with Crippen LogP contribution in [-0.2, 0) is 0 Å². The fourth-order valence-electron chi connectivity index (χ4n) is 2.75. The Morgan fingerprint density at radius 1 is 1.16 bits per heavy atom. The molecule has 3 unspecified atom stereocenters. The van der Waals surface area contributed by atoms with Gasteiger partial charge in [-0.15, -0.1) is 0 Å². The first-order valence-corrected chi connectivity index (χ1v) is 7.45. The molecule has 1 fully saturated rings. The molecule has 2 aromatic carbocycles. The van der Waals surface area contributed by atoms with Crippen molar-refractivity contribution in [3.63, 3.8) is 0 Å². The monoisotopic (exact) mass is 316 g/mol. The van der Waals surface area contributed by atoms with Crippen LogP contribution >= 0.6 is 15.9 Å². The van der Waals surface area contributed by atoms with Crippen LogP contribution in [0.15, 0.2) is 53.0 Å². The minimum atomic E-state index is -0.375. The van der Waals surface area contributed by atoms with Crippen molar-refractivity contribution in [2.24, 2.45) is 5.92 Å². The lowest BCUT2D eigenvalue weighted by atomic mass is 10.0. The van der Waals surface area contributed by atoms with Gasteiger partial charge in [0.1, 0.15) is 0 Å². The summed E-state index contributed by atoms with van der Waals surface area (Å²) in [7, 11) is 0. The zero-order valence-electron chi connectivity index (χ0n) is 10.9. The third-order valence-corrected chi connectivity index (χ3v) is 4.63. The molecule has 1 saturated carbocycles. The van der Waals surface area contributed by atoms with E-state index >= 15 is 0 Å². The van der Waals surface area contributed by atoms with Crippen molar-refractivity contribution in [3.05, 3.63) is 69.7 Å². The van der Waals surface area contributed by atoms with Crippen LogP contribution in [0, 0.1) is 12.8 Å². The summed E-state index contributed by atoms with van der Waals surface area (Å²) in [5, 5.41) is 10.5. The molecule has 0 bridgehead atoms. The smallest absolute Gasteiger partial charge is 0.0835 e. The molecule has 19 heavy (non-hydrogen) atoms. The van der Waals surface area contributed by atoms with Gasteiger partial charge in [0.25, 0.3) is 0 Å². The van der Waals surface area contributed by atoms with Crippen molar-refractivity contribution in [1.29, 1.82) is 0 Å². The lowest BCUT2D eigenvalue weighted by Crippen LogP contribution is -2.02. The number of hydrogen-bond donors (Lipinski definition) is 1. The molecule has 3 atom stereocenters. The Bertz CT molecular complexity index is 579. The van der Waals surface area contributed by atoms with E-state index < -0.39 is 0 Å². The standard InChI is InChI=1S/C17H17BrO/c1-11-7-8-13(16(18)9-11)17(19)15-10-14(15)12-5-3-2-4-6-12/h2-9,14-15,17,19H,10H2,1H3. The summed E-state index contributed by atoms with van der Waals surface area (Å²) < 4.78 is 1.01. The molecule has 0 saturated heterocycles. The van der Waals surface area contributed by atoms with Gasteiger partial charge in [-0.3, -0.25) is 0 Å². The molecule has 1 aliphatic carbocycles. The molecule has 98 valence electrons. The number of halogens is 1. The summed E-state index contributed by atoms with van der Waals surface area (Å²) in [6.07, 6.45) is 0.700. The highest BCUT2D eigenvalue weighted by atomic mass is 79.9. The predicted molar refractivity (Wildman–Crippen MR) is 81.1 cm³/mol. The zero-order valence-corrected chi connectivity index (χ0v) is 12.5. The second kappa shape index (κ2) is 5.10. The van der Waals surface area contributed by atoms with E-state index in [0.717, 1.165) is 16.5 Å². The van der Waals surface area contributed by atoms with Crippen LogP contribution in [0.1, 0.15) is 35.1 Å². The fourth-order valence-corrected chi connectivity index (χ4v) is 3.48. The molecule has 1 N–H and O–H groups in total. The number of aliphatic hydroxyl groups is 1. The van der Waals surface area contributed by atoms with Crippen LogP contribution < -0.4 is 0 Å². The third kappa shape index (κ3) is 2.60. The molecule has 0 radical (unpaired) electrons. The highest BCUT2D eigenvalue weighted by Gasteiger charge is 2.44. The summed E-state index contributed by atoms with van der Waals surface area (Å²) in [5.74, 6) is 0.853. The van der Waals surface area contributed by atoms with Crippen molar-refractivity contribution in [1.82, 2.24) is 0 Å². The Balaban J connectivity index is 1.78. The number of aryl methyl sites for hydroxylation is 1. The zero-order chi connectivity index (χ0) is 13.4. The van der Waals surface area contributed by atoms with Crippen LogP contribution in [0.2, 0.25) is 0 Å². The Morgan fingerprint density at radius 3 is 2.58 bits per heavy atom. The van der Waals surface area contributed by atoms with Gasteiger partial charge < -0.3 is 5.11 Å². The largest absolute Gasteiger partial charge is 0.388 e. The van der Waals surface area contributed by atoms with E-state index in [4.69, 9.17) is 0 Å². The van der Waals surface area contributed by atoms with E-state index in [9.17, 15) is 5.11 Å². The van der Waals surface area contributed by atoms with Crippen LogP contribution in [0.4, 0.5) is 0 Å². The summed E-state index contributed by atoms with van der Waals surface area (Å²) in [4.78, 5) is 0. The molecule has 0 heterocycles. The highest BCUT2D eigenvalue weighted by molar-refractivity contribution is 9.10. The molecule has 2 aromatic rings. The van der Waals surface area contributed by atoms with E-state index in [2.05, 4.69) is 59.3 Å². The molecule has 3 rings (SSSR count). The Kier molecular flexibility index (Phi) is 3.46. The second-order valence-corrected chi connectivity index (χ2v) is 6.24. The first-order valence-electron chi connectivity index (χ1n) is 6.66. The first-order chi connectivity index (χ1) is 9.16. The number of benzene rings is 2. The van der Waals surface area contributed by atoms with Gasteiger partial charge in [-0.2, -0.15) is 0 Å². The lowest BCUT2D eigenvalue weighted by molar-refractivity contribution is 0.150. The number of hydrogen-bond acceptors (Lipinski definition) is 1. The molecule has 0 spiro atoms. The van der Waals surface area contributed by atoms with Gasteiger partial charge in [-0.25, -0.2) is 0 Å². The molecular formula is C17H17BrO. The van der Waals surface area contributed by atoms with E-state index in [1.54, 1.807) is 0 Å². The molecule has 0 amide bonds. The van der Waals surface area contributed by atoms with Gasteiger partial charge in [0, 0.05) is 4.47 Å². The van der Waals surface area contributed by atoms with Crippen molar-refractivity contribution in [3.8, 4) is 0 Å². The van der Waals surface area contributed by atoms with Crippen molar-refractivity contribution in [2.75, 3.05) is 0 Å².